The summed E-state index contributed by atoms with van der Waals surface area (Å²) in [6.07, 6.45) is 2.49. The van der Waals surface area contributed by atoms with Crippen molar-refractivity contribution in [2.45, 2.75) is 64.0 Å². The molecule has 3 aromatic rings. The number of anilines is 1. The highest BCUT2D eigenvalue weighted by Crippen LogP contribution is 2.39. The van der Waals surface area contributed by atoms with Gasteiger partial charge in [0.2, 0.25) is 5.91 Å². The second kappa shape index (κ2) is 20.0. The number of thiazole rings is 1. The highest BCUT2D eigenvalue weighted by Gasteiger charge is 2.41. The van der Waals surface area contributed by atoms with E-state index in [1.54, 1.807) is 12.1 Å². The van der Waals surface area contributed by atoms with Crippen LogP contribution in [-0.4, -0.2) is 134 Å². The summed E-state index contributed by atoms with van der Waals surface area (Å²) in [6, 6.07) is 8.66. The first-order chi connectivity index (χ1) is 27.6. The lowest BCUT2D eigenvalue weighted by Crippen LogP contribution is -2.58. The fourth-order valence-electron chi connectivity index (χ4n) is 7.48. The largest absolute Gasteiger partial charge is 0.506 e. The molecule has 310 valence electrons. The van der Waals surface area contributed by atoms with Gasteiger partial charge in [0, 0.05) is 62.7 Å². The Kier molecular flexibility index (Phi) is 14.8. The van der Waals surface area contributed by atoms with E-state index >= 15 is 4.39 Å². The van der Waals surface area contributed by atoms with Crippen LogP contribution in [0.2, 0.25) is 0 Å². The fourth-order valence-corrected chi connectivity index (χ4v) is 8.29. The van der Waals surface area contributed by atoms with Crippen molar-refractivity contribution in [2.24, 2.45) is 0 Å². The molecule has 1 aromatic heterocycles. The summed E-state index contributed by atoms with van der Waals surface area (Å²) in [5.41, 5.74) is 2.34. The number of carbonyl (C=O) groups excluding carboxylic acids is 3. The summed E-state index contributed by atoms with van der Waals surface area (Å²) < 4.78 is 46.5. The summed E-state index contributed by atoms with van der Waals surface area (Å²) in [5, 5.41) is 18.7. The van der Waals surface area contributed by atoms with E-state index in [4.69, 9.17) is 14.2 Å². The predicted octanol–water partition coefficient (Wildman–Crippen LogP) is 4.53. The van der Waals surface area contributed by atoms with Crippen LogP contribution in [0.25, 0.3) is 0 Å². The standard InChI is InChI=1S/C41H54F2N6O7S/c1-28(2)39-45-32(26-57-39)40(53)49-20-23-56-41(27-49)11-16-47(17-12-41)24-31-5-3-4-29(36(31)43)9-21-54-22-10-35(52)48(18-13-42)19-15-44-14-8-30-6-7-33(50)37-38(30)55-25-34(51)46-37/h3-7,26,28,44,50H,8-25,27H2,1-2H3,(H,46,51). The summed E-state index contributed by atoms with van der Waals surface area (Å²) in [5.74, 6) is -0.194. The molecule has 3 N–H and O–H groups in total. The number of hydrogen-bond acceptors (Lipinski definition) is 11. The number of alkyl halides is 1. The van der Waals surface area contributed by atoms with Crippen LogP contribution in [0.1, 0.15) is 71.2 Å². The minimum absolute atomic E-state index is 0.0206. The smallest absolute Gasteiger partial charge is 0.273 e. The number of nitrogens with one attached hydrogen (secondary N) is 2. The SMILES string of the molecule is CC(C)c1nc(C(=O)N2CCOC3(CCN(Cc4cccc(CCOCCC(=O)N(CCF)CCNCCc5ccc(O)c6c5OCC(=O)N6)c4F)CC3)C2)cs1. The number of aromatic hydroxyl groups is 1. The fraction of sp³-hybridized carbons (Fsp3) is 0.561. The monoisotopic (exact) mass is 812 g/mol. The number of benzene rings is 2. The van der Waals surface area contributed by atoms with Gasteiger partial charge in [-0.2, -0.15) is 0 Å². The van der Waals surface area contributed by atoms with Crippen LogP contribution in [-0.2, 0) is 38.4 Å². The van der Waals surface area contributed by atoms with Gasteiger partial charge in [0.15, 0.2) is 12.4 Å². The molecule has 0 radical (unpaired) electrons. The normalized spacial score (nSPS) is 16.7. The molecular weight excluding hydrogens is 759 g/mol. The zero-order valence-corrected chi connectivity index (χ0v) is 33.6. The molecule has 0 saturated carbocycles. The number of phenols is 1. The molecule has 4 heterocycles. The highest BCUT2D eigenvalue weighted by atomic mass is 32.1. The number of rotatable bonds is 18. The zero-order chi connectivity index (χ0) is 40.4. The Labute approximate surface area is 336 Å². The molecule has 0 aliphatic carbocycles. The Morgan fingerprint density at radius 3 is 2.67 bits per heavy atom. The van der Waals surface area contributed by atoms with E-state index in [9.17, 15) is 23.9 Å². The Bertz CT molecular complexity index is 1850. The van der Waals surface area contributed by atoms with E-state index in [1.807, 2.05) is 22.4 Å². The molecule has 6 rings (SSSR count). The van der Waals surface area contributed by atoms with E-state index in [1.165, 1.54) is 22.3 Å². The summed E-state index contributed by atoms with van der Waals surface area (Å²) in [6.45, 7) is 8.50. The van der Waals surface area contributed by atoms with E-state index in [0.29, 0.717) is 81.3 Å². The number of piperidine rings is 1. The minimum atomic E-state index is -0.663. The molecule has 1 spiro atoms. The number of ether oxygens (including phenoxy) is 3. The predicted molar refractivity (Wildman–Crippen MR) is 212 cm³/mol. The van der Waals surface area contributed by atoms with Crippen LogP contribution in [0.15, 0.2) is 35.7 Å². The van der Waals surface area contributed by atoms with E-state index in [2.05, 4.69) is 34.4 Å². The van der Waals surface area contributed by atoms with Gasteiger partial charge in [-0.3, -0.25) is 19.3 Å². The number of hydrogen-bond donors (Lipinski definition) is 3. The van der Waals surface area contributed by atoms with Gasteiger partial charge in [0.05, 0.1) is 43.4 Å². The molecule has 2 aromatic carbocycles. The average molecular weight is 813 g/mol. The number of nitrogens with zero attached hydrogens (tertiary/aromatic N) is 4. The lowest BCUT2D eigenvalue weighted by atomic mass is 9.89. The van der Waals surface area contributed by atoms with Crippen molar-refractivity contribution in [3.63, 3.8) is 0 Å². The van der Waals surface area contributed by atoms with Gasteiger partial charge in [-0.05, 0) is 49.4 Å². The van der Waals surface area contributed by atoms with Gasteiger partial charge in [0.25, 0.3) is 11.8 Å². The van der Waals surface area contributed by atoms with Gasteiger partial charge in [-0.25, -0.2) is 13.8 Å². The summed E-state index contributed by atoms with van der Waals surface area (Å²) in [7, 11) is 0. The molecule has 2 fully saturated rings. The molecule has 0 bridgehead atoms. The van der Waals surface area contributed by atoms with Crippen LogP contribution in [0, 0.1) is 5.82 Å². The molecule has 0 atom stereocenters. The van der Waals surface area contributed by atoms with Crippen LogP contribution >= 0.6 is 11.3 Å². The average Bonchev–Trinajstić information content (AvgIpc) is 3.71. The lowest BCUT2D eigenvalue weighted by Gasteiger charge is -2.47. The Morgan fingerprint density at radius 2 is 1.89 bits per heavy atom. The zero-order valence-electron chi connectivity index (χ0n) is 32.8. The van der Waals surface area contributed by atoms with Crippen LogP contribution in [0.3, 0.4) is 0 Å². The van der Waals surface area contributed by atoms with Crippen molar-refractivity contribution in [1.82, 2.24) is 25.0 Å². The molecule has 16 heteroatoms. The second-order valence-corrected chi connectivity index (χ2v) is 16.0. The number of fused-ring (bicyclic) bond motifs is 1. The van der Waals surface area contributed by atoms with Crippen LogP contribution in [0.4, 0.5) is 14.5 Å². The van der Waals surface area contributed by atoms with Gasteiger partial charge < -0.3 is 39.8 Å². The number of amides is 3. The highest BCUT2D eigenvalue weighted by molar-refractivity contribution is 7.09. The van der Waals surface area contributed by atoms with Crippen molar-refractivity contribution in [1.29, 1.82) is 0 Å². The number of phenolic OH excluding ortho intramolecular Hbond substituents is 1. The van der Waals surface area contributed by atoms with Crippen molar-refractivity contribution >= 4 is 34.7 Å². The maximum atomic E-state index is 15.6. The summed E-state index contributed by atoms with van der Waals surface area (Å²) >= 11 is 1.52. The van der Waals surface area contributed by atoms with Crippen LogP contribution in [0.5, 0.6) is 11.5 Å². The lowest BCUT2D eigenvalue weighted by molar-refractivity contribution is -0.132. The minimum Gasteiger partial charge on any atom is -0.506 e. The van der Waals surface area contributed by atoms with Gasteiger partial charge >= 0.3 is 0 Å². The number of likely N-dealkylation sites (tertiary alicyclic amines) is 1. The molecule has 3 amide bonds. The first-order valence-electron chi connectivity index (χ1n) is 19.8. The Hall–Kier alpha value is -4.22. The van der Waals surface area contributed by atoms with E-state index in [-0.39, 0.29) is 73.7 Å². The third-order valence-electron chi connectivity index (χ3n) is 10.7. The Morgan fingerprint density at radius 1 is 1.09 bits per heavy atom. The molecule has 3 aliphatic rings. The third-order valence-corrected chi connectivity index (χ3v) is 11.9. The molecular formula is C41H54F2N6O7S. The number of aromatic nitrogens is 1. The van der Waals surface area contributed by atoms with Crippen molar-refractivity contribution < 1.29 is 42.5 Å². The topological polar surface area (TPSA) is 146 Å². The molecule has 13 nitrogen and oxygen atoms in total. The van der Waals surface area contributed by atoms with Crippen LogP contribution < -0.4 is 15.4 Å². The molecule has 3 aliphatic heterocycles. The summed E-state index contributed by atoms with van der Waals surface area (Å²) in [4.78, 5) is 47.9. The van der Waals surface area contributed by atoms with E-state index in [0.717, 1.165) is 36.5 Å². The van der Waals surface area contributed by atoms with Gasteiger partial charge in [-0.15, -0.1) is 11.3 Å². The molecule has 0 unspecified atom stereocenters. The van der Waals surface area contributed by atoms with Gasteiger partial charge in [0.1, 0.15) is 29.6 Å². The molecule has 57 heavy (non-hydrogen) atoms. The number of morpholine rings is 1. The Balaban J connectivity index is 0.884. The van der Waals surface area contributed by atoms with Crippen molar-refractivity contribution in [3.05, 3.63) is 68.9 Å². The first-order valence-corrected chi connectivity index (χ1v) is 20.7. The van der Waals surface area contributed by atoms with Gasteiger partial charge in [-0.1, -0.05) is 38.1 Å². The maximum Gasteiger partial charge on any atom is 0.273 e. The number of carbonyl (C=O) groups is 3. The van der Waals surface area contributed by atoms with Crippen molar-refractivity contribution in [3.8, 4) is 11.5 Å². The molecule has 2 saturated heterocycles. The van der Waals surface area contributed by atoms with E-state index < -0.39 is 12.3 Å². The first kappa shape index (κ1) is 42.4. The second-order valence-electron chi connectivity index (χ2n) is 15.1. The quantitative estimate of drug-likeness (QED) is 0.124. The maximum absolute atomic E-state index is 15.6. The number of halogens is 2. The third kappa shape index (κ3) is 11.0. The van der Waals surface area contributed by atoms with Crippen molar-refractivity contribution in [2.75, 3.05) is 90.8 Å².